The van der Waals surface area contributed by atoms with Crippen molar-refractivity contribution in [3.8, 4) is 0 Å². The average molecular weight is 212 g/mol. The Kier molecular flexibility index (Phi) is 3.05. The van der Waals surface area contributed by atoms with Crippen LogP contribution in [-0.2, 0) is 0 Å². The predicted octanol–water partition coefficient (Wildman–Crippen LogP) is 2.51. The maximum atomic E-state index is 4.54. The molecular formula is C11H20N2S. The van der Waals surface area contributed by atoms with Gasteiger partial charge >= 0.3 is 0 Å². The van der Waals surface area contributed by atoms with E-state index in [1.54, 1.807) is 0 Å². The molecule has 0 aromatic heterocycles. The summed E-state index contributed by atoms with van der Waals surface area (Å²) in [6.07, 6.45) is 4.13. The summed E-state index contributed by atoms with van der Waals surface area (Å²) in [6.45, 7) is 6.71. The summed E-state index contributed by atoms with van der Waals surface area (Å²) in [6, 6.07) is 0. The van der Waals surface area contributed by atoms with Crippen LogP contribution in [0, 0.1) is 11.3 Å². The molecule has 0 saturated heterocycles. The maximum Gasteiger partial charge on any atom is 0.156 e. The van der Waals surface area contributed by atoms with Crippen molar-refractivity contribution in [2.45, 2.75) is 33.1 Å². The van der Waals surface area contributed by atoms with E-state index < -0.39 is 0 Å². The van der Waals surface area contributed by atoms with Crippen LogP contribution in [0.25, 0.3) is 0 Å². The lowest BCUT2D eigenvalue weighted by molar-refractivity contribution is 0.482. The Morgan fingerprint density at radius 3 is 2.86 bits per heavy atom. The van der Waals surface area contributed by atoms with Crippen LogP contribution in [0.1, 0.15) is 33.1 Å². The Morgan fingerprint density at radius 2 is 2.36 bits per heavy atom. The van der Waals surface area contributed by atoms with Gasteiger partial charge in [-0.25, -0.2) is 0 Å². The summed E-state index contributed by atoms with van der Waals surface area (Å²) < 4.78 is 0. The highest BCUT2D eigenvalue weighted by atomic mass is 32.2. The van der Waals surface area contributed by atoms with Crippen molar-refractivity contribution in [2.24, 2.45) is 16.3 Å². The molecule has 14 heavy (non-hydrogen) atoms. The summed E-state index contributed by atoms with van der Waals surface area (Å²) in [4.78, 5) is 4.54. The van der Waals surface area contributed by atoms with E-state index in [-0.39, 0.29) is 0 Å². The lowest BCUT2D eigenvalue weighted by atomic mass is 10.0. The summed E-state index contributed by atoms with van der Waals surface area (Å²) in [5.41, 5.74) is 0.631. The Bertz CT molecular complexity index is 233. The molecule has 0 spiro atoms. The van der Waals surface area contributed by atoms with Crippen molar-refractivity contribution in [2.75, 3.05) is 18.8 Å². The Balaban J connectivity index is 1.76. The van der Waals surface area contributed by atoms with E-state index in [1.807, 2.05) is 11.8 Å². The molecule has 2 nitrogen and oxygen atoms in total. The first-order valence-electron chi connectivity index (χ1n) is 5.65. The molecule has 0 radical (unpaired) electrons. The molecule has 0 amide bonds. The minimum Gasteiger partial charge on any atom is -0.364 e. The average Bonchev–Trinajstić information content (AvgIpc) is 2.98. The second-order valence-corrected chi connectivity index (χ2v) is 5.78. The van der Waals surface area contributed by atoms with Gasteiger partial charge in [-0.15, -0.1) is 0 Å². The third kappa shape index (κ3) is 2.44. The molecule has 80 valence electrons. The van der Waals surface area contributed by atoms with E-state index in [9.17, 15) is 0 Å². The maximum absolute atomic E-state index is 4.54. The standard InChI is InChI=1S/C11H20N2S/c1-3-11(4-5-11)8-13-10-12-6-9(2)7-14-10/h9H,3-8H2,1-2H3,(H,12,13). The van der Waals surface area contributed by atoms with Crippen molar-refractivity contribution in [3.05, 3.63) is 0 Å². The van der Waals surface area contributed by atoms with E-state index in [1.165, 1.54) is 30.2 Å². The van der Waals surface area contributed by atoms with E-state index in [0.717, 1.165) is 19.0 Å². The van der Waals surface area contributed by atoms with E-state index >= 15 is 0 Å². The number of amidine groups is 1. The normalized spacial score (nSPS) is 29.6. The Hall–Kier alpha value is -0.180. The van der Waals surface area contributed by atoms with E-state index in [0.29, 0.717) is 5.41 Å². The van der Waals surface area contributed by atoms with Gasteiger partial charge in [0.15, 0.2) is 5.17 Å². The van der Waals surface area contributed by atoms with E-state index in [2.05, 4.69) is 24.2 Å². The van der Waals surface area contributed by atoms with Crippen molar-refractivity contribution >= 4 is 16.9 Å². The molecule has 1 N–H and O–H groups in total. The van der Waals surface area contributed by atoms with Gasteiger partial charge in [0.2, 0.25) is 0 Å². The predicted molar refractivity (Wildman–Crippen MR) is 63.9 cm³/mol. The van der Waals surface area contributed by atoms with Crippen molar-refractivity contribution in [3.63, 3.8) is 0 Å². The van der Waals surface area contributed by atoms with Gasteiger partial charge in [-0.2, -0.15) is 0 Å². The molecule has 1 heterocycles. The first-order chi connectivity index (χ1) is 6.74. The zero-order valence-electron chi connectivity index (χ0n) is 9.18. The number of rotatable bonds is 3. The molecule has 2 aliphatic rings. The fraction of sp³-hybridized carbons (Fsp3) is 0.909. The molecule has 1 aliphatic carbocycles. The second kappa shape index (κ2) is 4.13. The molecular weight excluding hydrogens is 192 g/mol. The summed E-state index contributed by atoms with van der Waals surface area (Å²) in [5.74, 6) is 1.98. The lowest BCUT2D eigenvalue weighted by Gasteiger charge is -2.20. The fourth-order valence-corrected chi connectivity index (χ4v) is 2.65. The number of nitrogens with zero attached hydrogens (tertiary/aromatic N) is 1. The molecule has 0 aromatic carbocycles. The zero-order chi connectivity index (χ0) is 10.0. The van der Waals surface area contributed by atoms with Gasteiger partial charge in [-0.05, 0) is 30.6 Å². The van der Waals surface area contributed by atoms with Gasteiger partial charge in [-0.1, -0.05) is 25.6 Å². The molecule has 3 heteroatoms. The zero-order valence-corrected chi connectivity index (χ0v) is 9.99. The van der Waals surface area contributed by atoms with Crippen molar-refractivity contribution in [1.29, 1.82) is 0 Å². The van der Waals surface area contributed by atoms with Gasteiger partial charge in [0.05, 0.1) is 0 Å². The third-order valence-corrected chi connectivity index (χ3v) is 4.66. The molecule has 1 unspecified atom stereocenters. The first-order valence-corrected chi connectivity index (χ1v) is 6.64. The monoisotopic (exact) mass is 212 g/mol. The van der Waals surface area contributed by atoms with Gasteiger partial charge in [0.25, 0.3) is 0 Å². The number of hydrogen-bond donors (Lipinski definition) is 1. The highest BCUT2D eigenvalue weighted by molar-refractivity contribution is 8.13. The molecule has 2 rings (SSSR count). The lowest BCUT2D eigenvalue weighted by Crippen LogP contribution is -2.31. The van der Waals surface area contributed by atoms with Gasteiger partial charge in [0.1, 0.15) is 0 Å². The van der Waals surface area contributed by atoms with Crippen LogP contribution in [0.3, 0.4) is 0 Å². The highest BCUT2D eigenvalue weighted by Gasteiger charge is 2.40. The van der Waals surface area contributed by atoms with Gasteiger partial charge in [0, 0.05) is 18.8 Å². The topological polar surface area (TPSA) is 24.4 Å². The molecule has 0 bridgehead atoms. The number of thioether (sulfide) groups is 1. The van der Waals surface area contributed by atoms with Crippen LogP contribution in [0.4, 0.5) is 0 Å². The molecule has 1 aliphatic heterocycles. The van der Waals surface area contributed by atoms with Gasteiger partial charge < -0.3 is 5.32 Å². The summed E-state index contributed by atoms with van der Waals surface area (Å²) in [7, 11) is 0. The van der Waals surface area contributed by atoms with Crippen LogP contribution in [0.5, 0.6) is 0 Å². The van der Waals surface area contributed by atoms with Crippen molar-refractivity contribution in [1.82, 2.24) is 5.32 Å². The minimum absolute atomic E-state index is 0.631. The molecule has 1 fully saturated rings. The largest absolute Gasteiger partial charge is 0.364 e. The number of aliphatic imine (C=N–C) groups is 1. The molecule has 0 aromatic rings. The van der Waals surface area contributed by atoms with Crippen LogP contribution >= 0.6 is 11.8 Å². The molecule has 1 saturated carbocycles. The number of nitrogens with one attached hydrogen (secondary N) is 1. The van der Waals surface area contributed by atoms with Crippen LogP contribution in [-0.4, -0.2) is 24.0 Å². The smallest absolute Gasteiger partial charge is 0.156 e. The highest BCUT2D eigenvalue weighted by Crippen LogP contribution is 2.47. The summed E-state index contributed by atoms with van der Waals surface area (Å²) >= 11 is 1.89. The number of hydrogen-bond acceptors (Lipinski definition) is 3. The van der Waals surface area contributed by atoms with Crippen LogP contribution in [0.15, 0.2) is 4.99 Å². The van der Waals surface area contributed by atoms with Crippen LogP contribution in [0.2, 0.25) is 0 Å². The minimum atomic E-state index is 0.631. The second-order valence-electron chi connectivity index (χ2n) is 4.77. The Labute approximate surface area is 90.9 Å². The SMILES string of the molecule is CCC1(CNC2=NCC(C)CS2)CC1. The quantitative estimate of drug-likeness (QED) is 0.777. The summed E-state index contributed by atoms with van der Waals surface area (Å²) in [5, 5.41) is 4.69. The van der Waals surface area contributed by atoms with E-state index in [4.69, 9.17) is 0 Å². The van der Waals surface area contributed by atoms with Crippen LogP contribution < -0.4 is 5.32 Å². The van der Waals surface area contributed by atoms with Gasteiger partial charge in [-0.3, -0.25) is 4.99 Å². The third-order valence-electron chi connectivity index (χ3n) is 3.37. The Morgan fingerprint density at radius 1 is 1.57 bits per heavy atom. The fourth-order valence-electron chi connectivity index (χ4n) is 1.76. The molecule has 1 atom stereocenters. The first kappa shape index (κ1) is 10.3. The van der Waals surface area contributed by atoms with Crippen molar-refractivity contribution < 1.29 is 0 Å².